The molecule has 1 fully saturated rings. The van der Waals surface area contributed by atoms with Gasteiger partial charge in [-0.15, -0.1) is 0 Å². The summed E-state index contributed by atoms with van der Waals surface area (Å²) in [6, 6.07) is 0.966. The number of amides is 1. The highest BCUT2D eigenvalue weighted by atomic mass is 79.9. The van der Waals surface area contributed by atoms with E-state index in [1.165, 1.54) is 4.90 Å². The van der Waals surface area contributed by atoms with Crippen LogP contribution in [0.1, 0.15) is 45.6 Å². The molecule has 0 spiro atoms. The number of nitrogens with zero attached hydrogens (tertiary/aromatic N) is 1. The van der Waals surface area contributed by atoms with Gasteiger partial charge in [-0.1, -0.05) is 0 Å². The van der Waals surface area contributed by atoms with Gasteiger partial charge in [-0.05, 0) is 74.4 Å². The van der Waals surface area contributed by atoms with Gasteiger partial charge in [-0.25, -0.2) is 13.6 Å². The molecule has 1 unspecified atom stereocenters. The molecule has 1 amide bonds. The maximum Gasteiger partial charge on any atom is 0.415 e. The number of hydrogen-bond donors (Lipinski definition) is 0. The Hall–Kier alpha value is -1.17. The lowest BCUT2D eigenvalue weighted by atomic mass is 9.92. The van der Waals surface area contributed by atoms with E-state index in [1.807, 2.05) is 0 Å². The van der Waals surface area contributed by atoms with Gasteiger partial charge in [-0.3, -0.25) is 4.90 Å². The van der Waals surface area contributed by atoms with Crippen molar-refractivity contribution in [1.29, 1.82) is 0 Å². The summed E-state index contributed by atoms with van der Waals surface area (Å²) >= 11 is 3.04. The summed E-state index contributed by atoms with van der Waals surface area (Å²) in [6.07, 6.45) is 2.48. The SMILES string of the molecule is CC(C)(C)OC(=O)N1c2c(F)cc(Br)c(F)c2CCC1C1CC1. The molecule has 23 heavy (non-hydrogen) atoms. The predicted molar refractivity (Wildman–Crippen MR) is 87.6 cm³/mol. The van der Waals surface area contributed by atoms with Gasteiger partial charge < -0.3 is 4.74 Å². The molecule has 3 nitrogen and oxygen atoms in total. The van der Waals surface area contributed by atoms with Crippen LogP contribution >= 0.6 is 15.9 Å². The summed E-state index contributed by atoms with van der Waals surface area (Å²) in [4.78, 5) is 14.0. The zero-order chi connectivity index (χ0) is 16.9. The number of benzene rings is 1. The second kappa shape index (κ2) is 5.72. The predicted octanol–water partition coefficient (Wildman–Crippen LogP) is 5.19. The number of ether oxygens (including phenoxy) is 1. The first-order valence-corrected chi connectivity index (χ1v) is 8.67. The van der Waals surface area contributed by atoms with Crippen LogP contribution in [0.2, 0.25) is 0 Å². The van der Waals surface area contributed by atoms with Crippen LogP contribution < -0.4 is 4.90 Å². The fraction of sp³-hybridized carbons (Fsp3) is 0.588. The minimum absolute atomic E-state index is 0.0445. The number of halogens is 3. The van der Waals surface area contributed by atoms with Crippen LogP contribution in [0, 0.1) is 17.6 Å². The Balaban J connectivity index is 2.07. The van der Waals surface area contributed by atoms with Crippen molar-refractivity contribution in [2.45, 2.75) is 58.1 Å². The second-order valence-corrected chi connectivity index (χ2v) is 8.13. The average molecular weight is 388 g/mol. The number of carbonyl (C=O) groups is 1. The van der Waals surface area contributed by atoms with Gasteiger partial charge in [0.15, 0.2) is 0 Å². The van der Waals surface area contributed by atoms with Crippen molar-refractivity contribution in [3.63, 3.8) is 0 Å². The van der Waals surface area contributed by atoms with Crippen LogP contribution in [0.25, 0.3) is 0 Å². The van der Waals surface area contributed by atoms with E-state index in [9.17, 15) is 13.6 Å². The van der Waals surface area contributed by atoms with Crippen LogP contribution in [0.3, 0.4) is 0 Å². The van der Waals surface area contributed by atoms with Crippen LogP contribution in [-0.2, 0) is 11.2 Å². The standard InChI is InChI=1S/C17H20BrF2NO2/c1-17(2,3)23-16(22)21-13(9-4-5-9)7-6-10-14(20)11(18)8-12(19)15(10)21/h8-9,13H,4-7H2,1-3H3. The van der Waals surface area contributed by atoms with Gasteiger partial charge in [0.05, 0.1) is 10.2 Å². The molecular weight excluding hydrogens is 368 g/mol. The van der Waals surface area contributed by atoms with Crippen molar-refractivity contribution in [2.24, 2.45) is 5.92 Å². The highest BCUT2D eigenvalue weighted by molar-refractivity contribution is 9.10. The maximum atomic E-state index is 14.6. The van der Waals surface area contributed by atoms with Crippen molar-refractivity contribution < 1.29 is 18.3 Å². The Morgan fingerprint density at radius 2 is 1.96 bits per heavy atom. The maximum absolute atomic E-state index is 14.6. The largest absolute Gasteiger partial charge is 0.443 e. The van der Waals surface area contributed by atoms with Crippen LogP contribution in [0.15, 0.2) is 10.5 Å². The molecule has 0 N–H and O–H groups in total. The molecule has 1 aliphatic carbocycles. The minimum atomic E-state index is -0.687. The number of hydrogen-bond acceptors (Lipinski definition) is 2. The quantitative estimate of drug-likeness (QED) is 0.620. The first-order valence-electron chi connectivity index (χ1n) is 7.87. The monoisotopic (exact) mass is 387 g/mol. The fourth-order valence-corrected chi connectivity index (χ4v) is 3.62. The summed E-state index contributed by atoms with van der Waals surface area (Å²) in [5.41, 5.74) is -0.393. The lowest BCUT2D eigenvalue weighted by Gasteiger charge is -2.38. The summed E-state index contributed by atoms with van der Waals surface area (Å²) in [7, 11) is 0. The molecule has 1 aromatic carbocycles. The van der Waals surface area contributed by atoms with E-state index in [0.29, 0.717) is 18.8 Å². The van der Waals surface area contributed by atoms with E-state index >= 15 is 0 Å². The van der Waals surface area contributed by atoms with Crippen molar-refractivity contribution in [2.75, 3.05) is 4.90 Å². The van der Waals surface area contributed by atoms with E-state index in [1.54, 1.807) is 20.8 Å². The Bertz CT molecular complexity index is 653. The van der Waals surface area contributed by atoms with Crippen molar-refractivity contribution in [3.05, 3.63) is 27.7 Å². The fourth-order valence-electron chi connectivity index (χ4n) is 3.18. The molecule has 1 atom stereocenters. The Labute approximate surface area is 143 Å². The number of fused-ring (bicyclic) bond motifs is 1. The third kappa shape index (κ3) is 3.23. The number of anilines is 1. The molecule has 0 saturated heterocycles. The van der Waals surface area contributed by atoms with Crippen LogP contribution in [-0.4, -0.2) is 17.7 Å². The normalized spacial score (nSPS) is 21.1. The average Bonchev–Trinajstić information content (AvgIpc) is 3.26. The van der Waals surface area contributed by atoms with Crippen LogP contribution in [0.4, 0.5) is 19.3 Å². The summed E-state index contributed by atoms with van der Waals surface area (Å²) in [6.45, 7) is 5.29. The molecule has 0 aromatic heterocycles. The van der Waals surface area contributed by atoms with Crippen molar-refractivity contribution >= 4 is 27.7 Å². The van der Waals surface area contributed by atoms with E-state index in [2.05, 4.69) is 15.9 Å². The molecule has 2 aliphatic rings. The topological polar surface area (TPSA) is 29.5 Å². The summed E-state index contributed by atoms with van der Waals surface area (Å²) in [5.74, 6) is -0.740. The number of carbonyl (C=O) groups excluding carboxylic acids is 1. The van der Waals surface area contributed by atoms with Gasteiger partial charge in [0, 0.05) is 11.6 Å². The Kier molecular flexibility index (Phi) is 4.15. The summed E-state index contributed by atoms with van der Waals surface area (Å²) < 4.78 is 34.5. The van der Waals surface area contributed by atoms with E-state index in [4.69, 9.17) is 4.74 Å². The van der Waals surface area contributed by atoms with Gasteiger partial charge in [0.2, 0.25) is 0 Å². The second-order valence-electron chi connectivity index (χ2n) is 7.28. The zero-order valence-electron chi connectivity index (χ0n) is 13.5. The van der Waals surface area contributed by atoms with Gasteiger partial charge in [0.25, 0.3) is 0 Å². The molecule has 1 saturated carbocycles. The first-order chi connectivity index (χ1) is 10.7. The molecule has 1 aromatic rings. The highest BCUT2D eigenvalue weighted by Gasteiger charge is 2.44. The zero-order valence-corrected chi connectivity index (χ0v) is 15.0. The highest BCUT2D eigenvalue weighted by Crippen LogP contribution is 2.45. The Morgan fingerprint density at radius 1 is 1.30 bits per heavy atom. The third-order valence-electron chi connectivity index (χ3n) is 4.26. The first kappa shape index (κ1) is 16.7. The lowest BCUT2D eigenvalue weighted by molar-refractivity contribution is 0.0554. The van der Waals surface area contributed by atoms with Crippen molar-refractivity contribution in [3.8, 4) is 0 Å². The van der Waals surface area contributed by atoms with Gasteiger partial charge in [-0.2, -0.15) is 0 Å². The molecule has 126 valence electrons. The molecule has 0 bridgehead atoms. The summed E-state index contributed by atoms with van der Waals surface area (Å²) in [5, 5.41) is 0. The molecule has 0 radical (unpaired) electrons. The van der Waals surface area contributed by atoms with Gasteiger partial charge in [0.1, 0.15) is 17.2 Å². The van der Waals surface area contributed by atoms with Crippen LogP contribution in [0.5, 0.6) is 0 Å². The molecule has 6 heteroatoms. The van der Waals surface area contributed by atoms with Gasteiger partial charge >= 0.3 is 6.09 Å². The van der Waals surface area contributed by atoms with E-state index < -0.39 is 23.3 Å². The van der Waals surface area contributed by atoms with Crippen molar-refractivity contribution in [1.82, 2.24) is 0 Å². The lowest BCUT2D eigenvalue weighted by Crippen LogP contribution is -2.48. The van der Waals surface area contributed by atoms with E-state index in [0.717, 1.165) is 18.9 Å². The molecule has 1 aliphatic heterocycles. The minimum Gasteiger partial charge on any atom is -0.443 e. The smallest absolute Gasteiger partial charge is 0.415 e. The molecule has 1 heterocycles. The third-order valence-corrected chi connectivity index (χ3v) is 4.84. The molecule has 3 rings (SSSR count). The Morgan fingerprint density at radius 3 is 2.52 bits per heavy atom. The van der Waals surface area contributed by atoms with E-state index in [-0.39, 0.29) is 21.8 Å². The molecular formula is C17H20BrF2NO2. The number of rotatable bonds is 1.